The van der Waals surface area contributed by atoms with E-state index in [1.165, 1.54) is 21.8 Å². The summed E-state index contributed by atoms with van der Waals surface area (Å²) in [5, 5.41) is 2.43. The first-order valence-electron chi connectivity index (χ1n) is 11.4. The molecule has 176 valence electrons. The smallest absolute Gasteiger partial charge is 0.254 e. The van der Waals surface area contributed by atoms with Crippen LogP contribution >= 0.6 is 0 Å². The highest BCUT2D eigenvalue weighted by atomic mass is 127. The molecule has 0 aliphatic rings. The van der Waals surface area contributed by atoms with Gasteiger partial charge in [0.2, 0.25) is 0 Å². The Bertz CT molecular complexity index is 1070. The van der Waals surface area contributed by atoms with Crippen LogP contribution in [-0.4, -0.2) is 13.2 Å². The van der Waals surface area contributed by atoms with Crippen LogP contribution in [0.4, 0.5) is 0 Å². The minimum Gasteiger partial charge on any atom is -1.00 e. The van der Waals surface area contributed by atoms with E-state index >= 15 is 0 Å². The number of aromatic nitrogens is 2. The average molecular weight is 670 g/mol. The maximum atomic E-state index is 6.15. The molecule has 0 aliphatic heterocycles. The maximum absolute atomic E-state index is 6.15. The van der Waals surface area contributed by atoms with E-state index in [4.69, 9.17) is 9.47 Å². The van der Waals surface area contributed by atoms with Crippen molar-refractivity contribution in [2.75, 3.05) is 13.2 Å². The second kappa shape index (κ2) is 13.9. The highest BCUT2D eigenvalue weighted by Gasteiger charge is 2.14. The van der Waals surface area contributed by atoms with Crippen LogP contribution in [0.3, 0.4) is 0 Å². The van der Waals surface area contributed by atoms with E-state index in [1.54, 1.807) is 0 Å². The summed E-state index contributed by atoms with van der Waals surface area (Å²) in [7, 11) is 0. The van der Waals surface area contributed by atoms with Gasteiger partial charge in [-0.1, -0.05) is 12.1 Å². The van der Waals surface area contributed by atoms with E-state index in [2.05, 4.69) is 96.0 Å². The average Bonchev–Trinajstić information content (AvgIpc) is 2.82. The third kappa shape index (κ3) is 6.68. The Balaban J connectivity index is 0.00000193. The summed E-state index contributed by atoms with van der Waals surface area (Å²) >= 11 is 0. The number of rotatable bonds is 10. The summed E-state index contributed by atoms with van der Waals surface area (Å²) in [6, 6.07) is 21.0. The number of aryl methyl sites for hydroxylation is 2. The fraction of sp³-hybridized carbons (Fsp3) is 0.333. The van der Waals surface area contributed by atoms with Crippen LogP contribution in [0.15, 0.2) is 73.1 Å². The van der Waals surface area contributed by atoms with Crippen molar-refractivity contribution in [2.24, 2.45) is 0 Å². The van der Waals surface area contributed by atoms with Gasteiger partial charge >= 0.3 is 0 Å². The topological polar surface area (TPSA) is 26.2 Å². The monoisotopic (exact) mass is 670 g/mol. The zero-order valence-electron chi connectivity index (χ0n) is 19.3. The molecular weight excluding hydrogens is 638 g/mol. The standard InChI is InChI=1S/C27H32N2O2.2HI/c1-3-28-18-10-14-22-12-8-16-24(26(22)28)30-20-6-5-7-21-31-25-17-9-13-23-15-11-19-29(4-2)27(23)25;;/h8-19H,3-7,20-21H2,1-2H3;2*1H/q+2;;/p-2. The van der Waals surface area contributed by atoms with Gasteiger partial charge < -0.3 is 57.4 Å². The normalized spacial score (nSPS) is 10.5. The summed E-state index contributed by atoms with van der Waals surface area (Å²) in [5.41, 5.74) is 2.35. The molecule has 2 aromatic carbocycles. The second-order valence-corrected chi connectivity index (χ2v) is 7.73. The number of hydrogen-bond donors (Lipinski definition) is 0. The lowest BCUT2D eigenvalue weighted by Gasteiger charge is -2.09. The molecule has 2 aromatic heterocycles. The molecule has 0 atom stereocenters. The fourth-order valence-electron chi connectivity index (χ4n) is 4.12. The lowest BCUT2D eigenvalue weighted by molar-refractivity contribution is -0.668. The molecule has 4 nitrogen and oxygen atoms in total. The number of halogens is 2. The first-order valence-corrected chi connectivity index (χ1v) is 11.4. The highest BCUT2D eigenvalue weighted by Crippen LogP contribution is 2.23. The van der Waals surface area contributed by atoms with E-state index in [0.717, 1.165) is 57.1 Å². The van der Waals surface area contributed by atoms with E-state index in [1.807, 2.05) is 0 Å². The molecule has 0 fully saturated rings. The summed E-state index contributed by atoms with van der Waals surface area (Å²) in [5.74, 6) is 1.94. The van der Waals surface area contributed by atoms with E-state index in [-0.39, 0.29) is 48.0 Å². The van der Waals surface area contributed by atoms with E-state index < -0.39 is 0 Å². The van der Waals surface area contributed by atoms with Crippen LogP contribution in [0.25, 0.3) is 21.8 Å². The van der Waals surface area contributed by atoms with Crippen LogP contribution in [0.2, 0.25) is 0 Å². The number of hydrogen-bond acceptors (Lipinski definition) is 2. The van der Waals surface area contributed by atoms with Gasteiger partial charge in [0.25, 0.3) is 11.0 Å². The van der Waals surface area contributed by atoms with Crippen molar-refractivity contribution >= 4 is 21.8 Å². The van der Waals surface area contributed by atoms with Gasteiger partial charge in [0.1, 0.15) is 13.1 Å². The molecule has 0 amide bonds. The molecule has 2 heterocycles. The van der Waals surface area contributed by atoms with Crippen LogP contribution in [0, 0.1) is 0 Å². The van der Waals surface area contributed by atoms with Crippen molar-refractivity contribution in [3.05, 3.63) is 73.1 Å². The molecule has 0 unspecified atom stereocenters. The Hall–Kier alpha value is -1.68. The Morgan fingerprint density at radius 3 is 1.42 bits per heavy atom. The van der Waals surface area contributed by atoms with E-state index in [9.17, 15) is 0 Å². The SMILES string of the molecule is CC[n+]1cccc2cccc(OCCCCCOc3cccc4ccc[n+](CC)c34)c21.[I-].[I-]. The van der Waals surface area contributed by atoms with E-state index in [0.29, 0.717) is 0 Å². The molecular formula is C27H32I2N2O2. The Morgan fingerprint density at radius 2 is 1.00 bits per heavy atom. The Morgan fingerprint density at radius 1 is 0.576 bits per heavy atom. The number of unbranched alkanes of at least 4 members (excludes halogenated alkanes) is 2. The van der Waals surface area contributed by atoms with Gasteiger partial charge in [-0.05, 0) is 69.5 Å². The number of nitrogens with zero attached hydrogens (tertiary/aromatic N) is 2. The predicted molar refractivity (Wildman–Crippen MR) is 124 cm³/mol. The summed E-state index contributed by atoms with van der Waals surface area (Å²) in [4.78, 5) is 0. The quantitative estimate of drug-likeness (QED) is 0.126. The largest absolute Gasteiger partial charge is 1.00 e. The maximum Gasteiger partial charge on any atom is 0.254 e. The van der Waals surface area contributed by atoms with Crippen LogP contribution in [0.1, 0.15) is 33.1 Å². The van der Waals surface area contributed by atoms with Crippen molar-refractivity contribution in [1.29, 1.82) is 0 Å². The molecule has 0 saturated heterocycles. The first-order chi connectivity index (χ1) is 15.3. The van der Waals surface area contributed by atoms with Gasteiger partial charge in [-0.3, -0.25) is 0 Å². The molecule has 0 aliphatic carbocycles. The van der Waals surface area contributed by atoms with Crippen molar-refractivity contribution in [2.45, 2.75) is 46.2 Å². The number of fused-ring (bicyclic) bond motifs is 2. The van der Waals surface area contributed by atoms with Crippen molar-refractivity contribution in [1.82, 2.24) is 0 Å². The van der Waals surface area contributed by atoms with Crippen LogP contribution < -0.4 is 66.6 Å². The van der Waals surface area contributed by atoms with Gasteiger partial charge in [-0.15, -0.1) is 0 Å². The summed E-state index contributed by atoms with van der Waals surface area (Å²) < 4.78 is 16.8. The third-order valence-corrected chi connectivity index (χ3v) is 5.70. The molecule has 0 saturated carbocycles. The lowest BCUT2D eigenvalue weighted by Crippen LogP contribution is -3.00. The molecule has 4 aromatic rings. The molecule has 0 spiro atoms. The van der Waals surface area contributed by atoms with Gasteiger partial charge in [0.15, 0.2) is 23.9 Å². The van der Waals surface area contributed by atoms with Gasteiger partial charge in [-0.25, -0.2) is 0 Å². The predicted octanol–water partition coefficient (Wildman–Crippen LogP) is -0.756. The molecule has 6 heteroatoms. The van der Waals surface area contributed by atoms with Crippen LogP contribution in [0.5, 0.6) is 11.5 Å². The molecule has 33 heavy (non-hydrogen) atoms. The highest BCUT2D eigenvalue weighted by molar-refractivity contribution is 5.82. The lowest BCUT2D eigenvalue weighted by atomic mass is 10.2. The summed E-state index contributed by atoms with van der Waals surface area (Å²) in [6.07, 6.45) is 7.34. The van der Waals surface area contributed by atoms with Crippen molar-refractivity contribution in [3.63, 3.8) is 0 Å². The number of para-hydroxylation sites is 2. The third-order valence-electron chi connectivity index (χ3n) is 5.70. The van der Waals surface area contributed by atoms with Gasteiger partial charge in [0, 0.05) is 12.1 Å². The minimum atomic E-state index is 0. The van der Waals surface area contributed by atoms with Gasteiger partial charge in [-0.2, -0.15) is 9.13 Å². The zero-order valence-corrected chi connectivity index (χ0v) is 23.7. The molecule has 0 N–H and O–H groups in total. The first kappa shape index (κ1) is 27.6. The van der Waals surface area contributed by atoms with Crippen molar-refractivity contribution < 1.29 is 66.6 Å². The number of pyridine rings is 2. The second-order valence-electron chi connectivity index (χ2n) is 7.73. The summed E-state index contributed by atoms with van der Waals surface area (Å²) in [6.45, 7) is 7.63. The molecule has 0 bridgehead atoms. The Kier molecular flexibility index (Phi) is 11.6. The fourth-order valence-corrected chi connectivity index (χ4v) is 4.12. The zero-order chi connectivity index (χ0) is 21.5. The number of benzene rings is 2. The Labute approximate surface area is 231 Å². The van der Waals surface area contributed by atoms with Crippen molar-refractivity contribution in [3.8, 4) is 11.5 Å². The molecule has 0 radical (unpaired) electrons. The molecule has 4 rings (SSSR count). The van der Waals surface area contributed by atoms with Gasteiger partial charge in [0.05, 0.1) is 24.0 Å². The number of ether oxygens (including phenoxy) is 2. The minimum absolute atomic E-state index is 0. The van der Waals surface area contributed by atoms with Crippen LogP contribution in [-0.2, 0) is 13.1 Å².